The molecule has 4 rings (SSSR count). The van der Waals surface area contributed by atoms with Crippen LogP contribution in [0.5, 0.6) is 0 Å². The van der Waals surface area contributed by atoms with Crippen LogP contribution < -0.4 is 0 Å². The van der Waals surface area contributed by atoms with Crippen molar-refractivity contribution in [3.8, 4) is 6.07 Å². The molecule has 0 aliphatic heterocycles. The molecule has 40 heavy (non-hydrogen) atoms. The highest BCUT2D eigenvalue weighted by molar-refractivity contribution is 5.91. The van der Waals surface area contributed by atoms with E-state index in [1.165, 1.54) is 32.1 Å². The smallest absolute Gasteiger partial charge is 0.346 e. The van der Waals surface area contributed by atoms with Crippen LogP contribution in [0.2, 0.25) is 0 Å². The molecule has 1 aromatic rings. The topological polar surface area (TPSA) is 90.5 Å². The van der Waals surface area contributed by atoms with Crippen molar-refractivity contribution >= 4 is 18.1 Å². The van der Waals surface area contributed by atoms with Crippen molar-refractivity contribution in [3.05, 3.63) is 76.8 Å². The summed E-state index contributed by atoms with van der Waals surface area (Å²) in [5.74, 6) is 0.644. The van der Waals surface area contributed by atoms with Gasteiger partial charge in [-0.2, -0.15) is 5.26 Å². The predicted molar refractivity (Wildman–Crippen MR) is 162 cm³/mol. The lowest BCUT2D eigenvalue weighted by Gasteiger charge is -2.42. The number of nitroso groups, excluding NO2 is 1. The zero-order valence-corrected chi connectivity index (χ0v) is 24.0. The first kappa shape index (κ1) is 29.7. The molecular formula is C35H44N2O3. The fraction of sp³-hybridized carbons (Fsp3) is 0.543. The van der Waals surface area contributed by atoms with E-state index in [9.17, 15) is 20.1 Å². The van der Waals surface area contributed by atoms with E-state index in [0.29, 0.717) is 24.7 Å². The number of allylic oxidation sites excluding steroid dienone is 2. The van der Waals surface area contributed by atoms with Crippen molar-refractivity contribution < 1.29 is 9.90 Å². The van der Waals surface area contributed by atoms with Crippen LogP contribution in [0.25, 0.3) is 12.2 Å². The Morgan fingerprint density at radius 1 is 1.12 bits per heavy atom. The molecule has 3 saturated carbocycles. The van der Waals surface area contributed by atoms with Gasteiger partial charge in [0.1, 0.15) is 17.2 Å². The van der Waals surface area contributed by atoms with Gasteiger partial charge in [-0.25, -0.2) is 4.79 Å². The first-order chi connectivity index (χ1) is 19.4. The van der Waals surface area contributed by atoms with Gasteiger partial charge in [0.05, 0.1) is 0 Å². The Morgan fingerprint density at radius 3 is 2.50 bits per heavy atom. The average molecular weight is 541 g/mol. The fourth-order valence-corrected chi connectivity index (χ4v) is 8.43. The number of rotatable bonds is 12. The second-order valence-corrected chi connectivity index (χ2v) is 12.3. The van der Waals surface area contributed by atoms with E-state index < -0.39 is 16.9 Å². The van der Waals surface area contributed by atoms with Crippen LogP contribution >= 0.6 is 0 Å². The van der Waals surface area contributed by atoms with Gasteiger partial charge in [-0.05, 0) is 104 Å². The third-order valence-electron chi connectivity index (χ3n) is 10.5. The zero-order valence-electron chi connectivity index (χ0n) is 24.0. The molecule has 0 radical (unpaired) electrons. The molecule has 1 N–H and O–H groups in total. The van der Waals surface area contributed by atoms with E-state index in [1.807, 2.05) is 49.4 Å². The molecule has 0 bridgehead atoms. The lowest BCUT2D eigenvalue weighted by Crippen LogP contribution is -2.37. The van der Waals surface area contributed by atoms with Gasteiger partial charge in [0.15, 0.2) is 0 Å². The van der Waals surface area contributed by atoms with E-state index in [4.69, 9.17) is 0 Å². The van der Waals surface area contributed by atoms with Gasteiger partial charge in [-0.3, -0.25) is 0 Å². The van der Waals surface area contributed by atoms with E-state index in [-0.39, 0.29) is 11.5 Å². The molecule has 1 aromatic carbocycles. The number of carboxylic acid groups (broad SMARTS) is 1. The minimum atomic E-state index is -1.16. The monoisotopic (exact) mass is 540 g/mol. The highest BCUT2D eigenvalue weighted by Crippen LogP contribution is 2.60. The molecule has 0 heterocycles. The van der Waals surface area contributed by atoms with Crippen LogP contribution in [-0.4, -0.2) is 11.1 Å². The van der Waals surface area contributed by atoms with Crippen LogP contribution in [0, 0.1) is 45.3 Å². The molecule has 0 spiro atoms. The summed E-state index contributed by atoms with van der Waals surface area (Å²) in [6, 6.07) is 7.93. The molecule has 0 saturated heterocycles. The highest BCUT2D eigenvalue weighted by Gasteiger charge is 2.53. The molecule has 3 fully saturated rings. The number of nitrogens with zero attached hydrogens (tertiary/aromatic N) is 2. The van der Waals surface area contributed by atoms with Gasteiger partial charge in [0, 0.05) is 0 Å². The minimum absolute atomic E-state index is 0.0525. The molecule has 5 heteroatoms. The fourth-order valence-electron chi connectivity index (χ4n) is 8.43. The Balaban J connectivity index is 1.78. The molecule has 0 aromatic heterocycles. The first-order valence-corrected chi connectivity index (χ1v) is 15.1. The normalized spacial score (nSPS) is 28.8. The third kappa shape index (κ3) is 5.78. The quantitative estimate of drug-likeness (QED) is 0.124. The van der Waals surface area contributed by atoms with Gasteiger partial charge in [-0.15, -0.1) is 4.91 Å². The Labute approximate surface area is 239 Å². The van der Waals surface area contributed by atoms with E-state index in [0.717, 1.165) is 54.7 Å². The molecule has 212 valence electrons. The van der Waals surface area contributed by atoms with Crippen LogP contribution in [0.15, 0.2) is 60.3 Å². The Kier molecular flexibility index (Phi) is 9.61. The summed E-state index contributed by atoms with van der Waals surface area (Å²) in [6.45, 7) is 9.82. The lowest BCUT2D eigenvalue weighted by molar-refractivity contribution is -0.132. The van der Waals surface area contributed by atoms with Gasteiger partial charge >= 0.3 is 5.97 Å². The first-order valence-electron chi connectivity index (χ1n) is 15.1. The molecule has 5 nitrogen and oxygen atoms in total. The summed E-state index contributed by atoms with van der Waals surface area (Å²) in [5, 5.41) is 23.6. The number of hydrogen-bond acceptors (Lipinski definition) is 4. The summed E-state index contributed by atoms with van der Waals surface area (Å²) >= 11 is 0. The Hall–Kier alpha value is -3.26. The van der Waals surface area contributed by atoms with Crippen LogP contribution in [0.1, 0.15) is 101 Å². The van der Waals surface area contributed by atoms with Crippen molar-refractivity contribution in [2.75, 3.05) is 0 Å². The Bertz CT molecular complexity index is 1220. The van der Waals surface area contributed by atoms with Crippen LogP contribution in [0.3, 0.4) is 0 Å². The maximum atomic E-state index is 12.9. The standard InChI is InChI=1S/C35H44N2O3/c1-4-7-19-35(37-40,31-17-14-25(5-2)26(6-3)20-31)23-32-13-10-18-34(32,22-29(24-36)33(38)39)30-16-15-28(21-30)27-11-8-9-12-27/h4-7,14,17,20,22,27-28,30,32H,2-3,8-13,15-16,18-19,21,23H2,1H3,(H,38,39)/b7-4-,29-22+. The largest absolute Gasteiger partial charge is 0.477 e. The van der Waals surface area contributed by atoms with Crippen molar-refractivity contribution in [3.63, 3.8) is 0 Å². The van der Waals surface area contributed by atoms with Crippen molar-refractivity contribution in [1.29, 1.82) is 5.26 Å². The summed E-state index contributed by atoms with van der Waals surface area (Å²) < 4.78 is 0. The van der Waals surface area contributed by atoms with E-state index in [1.54, 1.807) is 12.2 Å². The third-order valence-corrected chi connectivity index (χ3v) is 10.5. The maximum absolute atomic E-state index is 12.9. The number of nitriles is 1. The van der Waals surface area contributed by atoms with E-state index >= 15 is 0 Å². The number of hydrogen-bond donors (Lipinski definition) is 1. The lowest BCUT2D eigenvalue weighted by atomic mass is 9.62. The maximum Gasteiger partial charge on any atom is 0.346 e. The second kappa shape index (κ2) is 12.9. The molecule has 3 aliphatic carbocycles. The molecule has 0 amide bonds. The van der Waals surface area contributed by atoms with Gasteiger partial charge in [-0.1, -0.05) is 93.0 Å². The second-order valence-electron chi connectivity index (χ2n) is 12.3. The number of benzene rings is 1. The number of carbonyl (C=O) groups is 1. The SMILES string of the molecule is C=Cc1ccc(C(C/C=C\C)(CC2CCCC2(/C=C(\C#N)C(=O)O)C2CCC(C3CCCC3)C2)N=O)cc1C=C. The number of carboxylic acids is 1. The summed E-state index contributed by atoms with van der Waals surface area (Å²) in [4.78, 5) is 25.0. The molecule has 3 aliphatic rings. The zero-order chi connectivity index (χ0) is 28.8. The van der Waals surface area contributed by atoms with Gasteiger partial charge in [0.2, 0.25) is 0 Å². The molecular weight excluding hydrogens is 496 g/mol. The average Bonchev–Trinajstić information content (AvgIpc) is 3.75. The number of aliphatic carboxylic acids is 1. The van der Waals surface area contributed by atoms with Crippen molar-refractivity contribution in [2.45, 2.75) is 89.5 Å². The van der Waals surface area contributed by atoms with Gasteiger partial charge in [0.25, 0.3) is 0 Å². The minimum Gasteiger partial charge on any atom is -0.477 e. The van der Waals surface area contributed by atoms with E-state index in [2.05, 4.69) is 18.3 Å². The van der Waals surface area contributed by atoms with Gasteiger partial charge < -0.3 is 5.11 Å². The highest BCUT2D eigenvalue weighted by atomic mass is 16.4. The summed E-state index contributed by atoms with van der Waals surface area (Å²) in [6.07, 6.45) is 21.6. The van der Waals surface area contributed by atoms with Crippen LogP contribution in [-0.2, 0) is 10.3 Å². The summed E-state index contributed by atoms with van der Waals surface area (Å²) in [7, 11) is 0. The van der Waals surface area contributed by atoms with Crippen molar-refractivity contribution in [2.24, 2.45) is 34.3 Å². The van der Waals surface area contributed by atoms with Crippen molar-refractivity contribution in [1.82, 2.24) is 0 Å². The van der Waals surface area contributed by atoms with Crippen LogP contribution in [0.4, 0.5) is 0 Å². The molecule has 5 unspecified atom stereocenters. The predicted octanol–water partition coefficient (Wildman–Crippen LogP) is 9.22. The molecule has 5 atom stereocenters. The summed E-state index contributed by atoms with van der Waals surface area (Å²) in [5.41, 5.74) is 1.11. The Morgan fingerprint density at radius 2 is 1.88 bits per heavy atom.